The highest BCUT2D eigenvalue weighted by Crippen LogP contribution is 2.32. The van der Waals surface area contributed by atoms with Gasteiger partial charge in [-0.05, 0) is 43.3 Å². The van der Waals surface area contributed by atoms with Crippen molar-refractivity contribution in [3.63, 3.8) is 0 Å². The molecular weight excluding hydrogens is 353 g/mol. The van der Waals surface area contributed by atoms with Gasteiger partial charge in [0.15, 0.2) is 0 Å². The van der Waals surface area contributed by atoms with E-state index in [0.717, 1.165) is 22.3 Å². The van der Waals surface area contributed by atoms with Gasteiger partial charge in [0.2, 0.25) is 0 Å². The lowest BCUT2D eigenvalue weighted by Gasteiger charge is -2.11. The first-order valence-electron chi connectivity index (χ1n) is 8.10. The number of hydrogen-bond donors (Lipinski definition) is 1. The van der Waals surface area contributed by atoms with Crippen molar-refractivity contribution in [1.29, 1.82) is 0 Å². The van der Waals surface area contributed by atoms with Gasteiger partial charge >= 0.3 is 0 Å². The van der Waals surface area contributed by atoms with E-state index in [0.29, 0.717) is 11.4 Å². The number of rotatable bonds is 3. The molecule has 26 heavy (non-hydrogen) atoms. The van der Waals surface area contributed by atoms with Crippen LogP contribution in [0, 0.1) is 5.82 Å². The molecule has 0 spiro atoms. The summed E-state index contributed by atoms with van der Waals surface area (Å²) in [4.78, 5) is 8.77. The molecule has 0 saturated carbocycles. The van der Waals surface area contributed by atoms with E-state index < -0.39 is 11.9 Å². The van der Waals surface area contributed by atoms with Crippen molar-refractivity contribution in [3.05, 3.63) is 77.6 Å². The van der Waals surface area contributed by atoms with E-state index in [4.69, 9.17) is 11.6 Å². The SMILES string of the molecule is C[C@@H](O)c1cnc2ccc(-c3cccnc3-c3ccc(F)c(Cl)c3)cn12. The monoisotopic (exact) mass is 367 g/mol. The maximum absolute atomic E-state index is 13.5. The number of aliphatic hydroxyl groups excluding tert-OH is 1. The van der Waals surface area contributed by atoms with Crippen LogP contribution < -0.4 is 0 Å². The Bertz CT molecular complexity index is 1110. The minimum atomic E-state index is -0.635. The number of nitrogens with zero attached hydrogens (tertiary/aromatic N) is 3. The summed E-state index contributed by atoms with van der Waals surface area (Å²) in [6.07, 6.45) is 4.63. The summed E-state index contributed by atoms with van der Waals surface area (Å²) in [6, 6.07) is 12.2. The maximum Gasteiger partial charge on any atom is 0.141 e. The van der Waals surface area contributed by atoms with Crippen LogP contribution in [0.3, 0.4) is 0 Å². The van der Waals surface area contributed by atoms with Crippen LogP contribution in [0.5, 0.6) is 0 Å². The Morgan fingerprint density at radius 2 is 1.92 bits per heavy atom. The molecule has 3 heterocycles. The smallest absolute Gasteiger partial charge is 0.141 e. The third-order valence-corrected chi connectivity index (χ3v) is 4.56. The number of aromatic nitrogens is 3. The summed E-state index contributed by atoms with van der Waals surface area (Å²) in [5.74, 6) is -0.464. The van der Waals surface area contributed by atoms with Gasteiger partial charge in [-0.2, -0.15) is 0 Å². The molecule has 1 N–H and O–H groups in total. The Hall–Kier alpha value is -2.76. The third kappa shape index (κ3) is 2.85. The Balaban J connectivity index is 1.90. The largest absolute Gasteiger partial charge is 0.387 e. The lowest BCUT2D eigenvalue weighted by molar-refractivity contribution is 0.193. The fraction of sp³-hybridized carbons (Fsp3) is 0.100. The lowest BCUT2D eigenvalue weighted by atomic mass is 10.0. The zero-order valence-electron chi connectivity index (χ0n) is 13.9. The molecule has 4 rings (SSSR count). The molecule has 0 bridgehead atoms. The topological polar surface area (TPSA) is 50.4 Å². The van der Waals surface area contributed by atoms with Crippen LogP contribution in [0.25, 0.3) is 28.0 Å². The molecule has 3 aromatic heterocycles. The van der Waals surface area contributed by atoms with Gasteiger partial charge in [-0.25, -0.2) is 9.37 Å². The number of pyridine rings is 2. The van der Waals surface area contributed by atoms with Crippen LogP contribution in [-0.4, -0.2) is 19.5 Å². The van der Waals surface area contributed by atoms with Gasteiger partial charge in [-0.15, -0.1) is 0 Å². The first-order valence-corrected chi connectivity index (χ1v) is 8.48. The molecule has 1 aromatic carbocycles. The molecule has 0 fully saturated rings. The van der Waals surface area contributed by atoms with Crippen LogP contribution in [0.2, 0.25) is 5.02 Å². The van der Waals surface area contributed by atoms with Gasteiger partial charge in [-0.3, -0.25) is 4.98 Å². The van der Waals surface area contributed by atoms with Crippen LogP contribution in [0.4, 0.5) is 4.39 Å². The normalized spacial score (nSPS) is 12.5. The lowest BCUT2D eigenvalue weighted by Crippen LogP contribution is -1.98. The summed E-state index contributed by atoms with van der Waals surface area (Å²) in [7, 11) is 0. The molecule has 0 unspecified atom stereocenters. The Kier molecular flexibility index (Phi) is 4.18. The van der Waals surface area contributed by atoms with Crippen LogP contribution in [-0.2, 0) is 0 Å². The highest BCUT2D eigenvalue weighted by molar-refractivity contribution is 6.31. The summed E-state index contributed by atoms with van der Waals surface area (Å²) in [5, 5.41) is 9.99. The molecule has 4 nitrogen and oxygen atoms in total. The third-order valence-electron chi connectivity index (χ3n) is 4.27. The zero-order chi connectivity index (χ0) is 18.3. The van der Waals surface area contributed by atoms with Gasteiger partial charge in [0.25, 0.3) is 0 Å². The van der Waals surface area contributed by atoms with E-state index in [2.05, 4.69) is 9.97 Å². The molecule has 0 radical (unpaired) electrons. The van der Waals surface area contributed by atoms with Crippen molar-refractivity contribution >= 4 is 17.2 Å². The van der Waals surface area contributed by atoms with Crippen molar-refractivity contribution in [1.82, 2.24) is 14.4 Å². The first-order chi connectivity index (χ1) is 12.5. The minimum absolute atomic E-state index is 0.0561. The van der Waals surface area contributed by atoms with Crippen molar-refractivity contribution in [2.24, 2.45) is 0 Å². The quantitative estimate of drug-likeness (QED) is 0.559. The second kappa shape index (κ2) is 6.52. The number of halogens is 2. The van der Waals surface area contributed by atoms with Crippen LogP contribution in [0.1, 0.15) is 18.7 Å². The first kappa shape index (κ1) is 16.7. The van der Waals surface area contributed by atoms with E-state index in [1.807, 2.05) is 34.9 Å². The Morgan fingerprint density at radius 3 is 2.69 bits per heavy atom. The highest BCUT2D eigenvalue weighted by Gasteiger charge is 2.13. The van der Waals surface area contributed by atoms with Gasteiger partial charge < -0.3 is 9.51 Å². The summed E-state index contributed by atoms with van der Waals surface area (Å²) in [5.41, 5.74) is 4.67. The molecule has 1 atom stereocenters. The molecule has 6 heteroatoms. The van der Waals surface area contributed by atoms with Crippen molar-refractivity contribution in [2.75, 3.05) is 0 Å². The standard InChI is InChI=1S/C20H15ClFN3O/c1-12(26)18-10-24-19-7-5-14(11-25(18)19)15-3-2-8-23-20(15)13-4-6-17(22)16(21)9-13/h2-12,26H,1H3/t12-/m1/s1. The molecule has 0 amide bonds. The second-order valence-corrected chi connectivity index (χ2v) is 6.44. The van der Waals surface area contributed by atoms with E-state index in [1.165, 1.54) is 6.07 Å². The predicted molar refractivity (Wildman–Crippen MR) is 99.5 cm³/mol. The molecule has 130 valence electrons. The number of benzene rings is 1. The molecule has 4 aromatic rings. The van der Waals surface area contributed by atoms with Gasteiger partial charge in [0, 0.05) is 29.1 Å². The van der Waals surface area contributed by atoms with E-state index in [9.17, 15) is 9.50 Å². The fourth-order valence-electron chi connectivity index (χ4n) is 2.98. The predicted octanol–water partition coefficient (Wildman–Crippen LogP) is 4.91. The summed E-state index contributed by atoms with van der Waals surface area (Å²) < 4.78 is 15.4. The van der Waals surface area contributed by atoms with Crippen molar-refractivity contribution < 1.29 is 9.50 Å². The maximum atomic E-state index is 13.5. The average Bonchev–Trinajstić information content (AvgIpc) is 3.07. The van der Waals surface area contributed by atoms with Crippen LogP contribution in [0.15, 0.2) is 61.1 Å². The molecular formula is C20H15ClFN3O. The van der Waals surface area contributed by atoms with E-state index in [-0.39, 0.29) is 5.02 Å². The van der Waals surface area contributed by atoms with Crippen molar-refractivity contribution in [3.8, 4) is 22.4 Å². The molecule has 0 saturated heterocycles. The van der Waals surface area contributed by atoms with E-state index in [1.54, 1.807) is 31.5 Å². The number of hydrogen-bond acceptors (Lipinski definition) is 3. The average molecular weight is 368 g/mol. The van der Waals surface area contributed by atoms with Gasteiger partial charge in [0.1, 0.15) is 11.5 Å². The molecule has 0 aliphatic heterocycles. The van der Waals surface area contributed by atoms with E-state index >= 15 is 0 Å². The molecule has 0 aliphatic carbocycles. The summed E-state index contributed by atoms with van der Waals surface area (Å²) in [6.45, 7) is 1.70. The number of fused-ring (bicyclic) bond motifs is 1. The van der Waals surface area contributed by atoms with Crippen molar-refractivity contribution in [2.45, 2.75) is 13.0 Å². The highest BCUT2D eigenvalue weighted by atomic mass is 35.5. The fourth-order valence-corrected chi connectivity index (χ4v) is 3.16. The van der Waals surface area contributed by atoms with Gasteiger partial charge in [-0.1, -0.05) is 17.7 Å². The number of aliphatic hydroxyl groups is 1. The zero-order valence-corrected chi connectivity index (χ0v) is 14.7. The molecule has 0 aliphatic rings. The van der Waals surface area contributed by atoms with Gasteiger partial charge in [0.05, 0.1) is 28.7 Å². The Labute approximate surface area is 154 Å². The second-order valence-electron chi connectivity index (χ2n) is 6.03. The Morgan fingerprint density at radius 1 is 1.12 bits per heavy atom. The van der Waals surface area contributed by atoms with Crippen LogP contribution >= 0.6 is 11.6 Å². The number of imidazole rings is 1. The summed E-state index contributed by atoms with van der Waals surface area (Å²) >= 11 is 5.94. The minimum Gasteiger partial charge on any atom is -0.387 e.